The molecule has 12 heteroatoms. The lowest BCUT2D eigenvalue weighted by molar-refractivity contribution is -0.138. The maximum absolute atomic E-state index is 15.4. The van der Waals surface area contributed by atoms with Gasteiger partial charge in [0.1, 0.15) is 18.5 Å². The molecule has 38 heavy (non-hydrogen) atoms. The standard InChI is InChI=1S/C26H20Cl2F2N4O3S/c27-17-7-2-1-5-15(17)16-6-3-4-13(23(16)30)8-20(35)18-9-14(29)11-33(18)22(36)12-34-19-10-21(28)38-25(19)24(32-34)26(31)37/h1-7,10,14,18H,8-9,11-12H2,(H2,31,37)/t14-,18+/m1/s1. The van der Waals surface area contributed by atoms with E-state index in [0.717, 1.165) is 16.2 Å². The van der Waals surface area contributed by atoms with Crippen LogP contribution in [0, 0.1) is 5.82 Å². The fraction of sp³-hybridized carbons (Fsp3) is 0.231. The highest BCUT2D eigenvalue weighted by atomic mass is 35.5. The van der Waals surface area contributed by atoms with Crippen LogP contribution in [0.3, 0.4) is 0 Å². The molecule has 0 spiro atoms. The number of halogens is 4. The molecule has 1 saturated heterocycles. The van der Waals surface area contributed by atoms with Crippen LogP contribution in [-0.4, -0.2) is 51.0 Å². The molecule has 2 atom stereocenters. The molecule has 2 N–H and O–H groups in total. The van der Waals surface area contributed by atoms with Crippen molar-refractivity contribution in [2.24, 2.45) is 5.73 Å². The third-order valence-electron chi connectivity index (χ3n) is 6.46. The second-order valence-electron chi connectivity index (χ2n) is 8.93. The van der Waals surface area contributed by atoms with Crippen molar-refractivity contribution in [3.63, 3.8) is 0 Å². The van der Waals surface area contributed by atoms with Gasteiger partial charge in [0, 0.05) is 29.0 Å². The van der Waals surface area contributed by atoms with Crippen molar-refractivity contribution < 1.29 is 23.2 Å². The van der Waals surface area contributed by atoms with Crippen LogP contribution in [0.25, 0.3) is 21.3 Å². The second-order valence-corrected chi connectivity index (χ2v) is 11.0. The normalized spacial score (nSPS) is 17.3. The fourth-order valence-electron chi connectivity index (χ4n) is 4.71. The predicted molar refractivity (Wildman–Crippen MR) is 142 cm³/mol. The van der Waals surface area contributed by atoms with Crippen LogP contribution < -0.4 is 5.73 Å². The lowest BCUT2D eigenvalue weighted by Gasteiger charge is -2.23. The number of ketones is 1. The number of rotatable bonds is 7. The monoisotopic (exact) mass is 576 g/mol. The molecule has 0 bridgehead atoms. The summed E-state index contributed by atoms with van der Waals surface area (Å²) in [5, 5.41) is 4.49. The molecule has 5 rings (SSSR count). The Morgan fingerprint density at radius 1 is 1.11 bits per heavy atom. The SMILES string of the molecule is NC(=O)c1nn(CC(=O)N2C[C@H](F)C[C@H]2C(=O)Cc2cccc(-c3ccccc3Cl)c2F)c2cc(Cl)sc12. The van der Waals surface area contributed by atoms with Crippen molar-refractivity contribution in [3.8, 4) is 11.1 Å². The first-order valence-corrected chi connectivity index (χ1v) is 13.2. The van der Waals surface area contributed by atoms with Crippen LogP contribution in [0.1, 0.15) is 22.5 Å². The number of carbonyl (C=O) groups excluding carboxylic acids is 3. The second kappa shape index (κ2) is 10.4. The molecule has 2 aromatic heterocycles. The van der Waals surface area contributed by atoms with E-state index in [1.807, 2.05) is 0 Å². The molecule has 4 aromatic rings. The Balaban J connectivity index is 1.37. The molecule has 0 radical (unpaired) electrons. The number of likely N-dealkylation sites (tertiary alicyclic amines) is 1. The van der Waals surface area contributed by atoms with Crippen molar-refractivity contribution in [2.45, 2.75) is 31.6 Å². The minimum Gasteiger partial charge on any atom is -0.364 e. The molecule has 2 aromatic carbocycles. The Bertz CT molecular complexity index is 1590. The number of primary amides is 1. The van der Waals surface area contributed by atoms with E-state index in [2.05, 4.69) is 5.10 Å². The average molecular weight is 577 g/mol. The molecule has 7 nitrogen and oxygen atoms in total. The summed E-state index contributed by atoms with van der Waals surface area (Å²) in [6.45, 7) is -0.640. The largest absolute Gasteiger partial charge is 0.364 e. The zero-order chi connectivity index (χ0) is 27.1. The molecule has 196 valence electrons. The van der Waals surface area contributed by atoms with Crippen molar-refractivity contribution in [3.05, 3.63) is 75.0 Å². The Morgan fingerprint density at radius 3 is 2.58 bits per heavy atom. The summed E-state index contributed by atoms with van der Waals surface area (Å²) in [6.07, 6.45) is -1.94. The summed E-state index contributed by atoms with van der Waals surface area (Å²) in [6, 6.07) is 11.9. The number of hydrogen-bond donors (Lipinski definition) is 1. The summed E-state index contributed by atoms with van der Waals surface area (Å²) in [7, 11) is 0. The lowest BCUT2D eigenvalue weighted by Crippen LogP contribution is -2.43. The highest BCUT2D eigenvalue weighted by Gasteiger charge is 2.40. The molecule has 0 unspecified atom stereocenters. The maximum Gasteiger partial charge on any atom is 0.270 e. The Kier molecular flexibility index (Phi) is 7.21. The smallest absolute Gasteiger partial charge is 0.270 e. The van der Waals surface area contributed by atoms with Gasteiger partial charge in [-0.3, -0.25) is 19.1 Å². The van der Waals surface area contributed by atoms with Gasteiger partial charge in [-0.2, -0.15) is 5.10 Å². The Hall–Kier alpha value is -3.34. The van der Waals surface area contributed by atoms with Crippen LogP contribution in [0.4, 0.5) is 8.78 Å². The molecular weight excluding hydrogens is 557 g/mol. The summed E-state index contributed by atoms with van der Waals surface area (Å²) in [5.41, 5.74) is 6.64. The first-order valence-electron chi connectivity index (χ1n) is 11.6. The van der Waals surface area contributed by atoms with Gasteiger partial charge < -0.3 is 10.6 Å². The number of alkyl halides is 1. The molecular formula is C26H20Cl2F2N4O3S. The van der Waals surface area contributed by atoms with Gasteiger partial charge in [-0.15, -0.1) is 11.3 Å². The van der Waals surface area contributed by atoms with Gasteiger partial charge in [-0.25, -0.2) is 8.78 Å². The average Bonchev–Trinajstić information content (AvgIpc) is 3.54. The molecule has 0 aliphatic carbocycles. The molecule has 1 aliphatic heterocycles. The van der Waals surface area contributed by atoms with Crippen LogP contribution in [0.15, 0.2) is 48.5 Å². The van der Waals surface area contributed by atoms with Crippen molar-refractivity contribution >= 4 is 62.4 Å². The highest BCUT2D eigenvalue weighted by molar-refractivity contribution is 7.23. The van der Waals surface area contributed by atoms with Crippen LogP contribution in [-0.2, 0) is 22.6 Å². The number of hydrogen-bond acceptors (Lipinski definition) is 5. The van der Waals surface area contributed by atoms with E-state index in [0.29, 0.717) is 25.1 Å². The number of amides is 2. The van der Waals surface area contributed by atoms with Crippen molar-refractivity contribution in [1.29, 1.82) is 0 Å². The molecule has 0 saturated carbocycles. The van der Waals surface area contributed by atoms with Gasteiger partial charge in [0.05, 0.1) is 27.1 Å². The minimum absolute atomic E-state index is 0.0315. The maximum atomic E-state index is 15.4. The minimum atomic E-state index is -1.42. The first-order chi connectivity index (χ1) is 18.1. The van der Waals surface area contributed by atoms with Gasteiger partial charge in [0.2, 0.25) is 5.91 Å². The number of thiophene rings is 1. The van der Waals surface area contributed by atoms with Gasteiger partial charge in [-0.1, -0.05) is 59.6 Å². The van der Waals surface area contributed by atoms with E-state index in [9.17, 15) is 18.8 Å². The first kappa shape index (κ1) is 26.3. The Morgan fingerprint density at radius 2 is 1.84 bits per heavy atom. The van der Waals surface area contributed by atoms with E-state index in [1.165, 1.54) is 10.7 Å². The highest BCUT2D eigenvalue weighted by Crippen LogP contribution is 2.33. The van der Waals surface area contributed by atoms with Gasteiger partial charge in [-0.05, 0) is 17.7 Å². The molecule has 2 amide bonds. The summed E-state index contributed by atoms with van der Waals surface area (Å²) >= 11 is 13.4. The van der Waals surface area contributed by atoms with Crippen molar-refractivity contribution in [1.82, 2.24) is 14.7 Å². The number of benzene rings is 2. The van der Waals surface area contributed by atoms with Crippen LogP contribution in [0.2, 0.25) is 9.36 Å². The fourth-order valence-corrected chi connectivity index (χ4v) is 6.15. The summed E-state index contributed by atoms with van der Waals surface area (Å²) in [4.78, 5) is 39.4. The summed E-state index contributed by atoms with van der Waals surface area (Å²) < 4.78 is 31.9. The van der Waals surface area contributed by atoms with E-state index in [1.54, 1.807) is 42.5 Å². The number of fused-ring (bicyclic) bond motifs is 1. The summed E-state index contributed by atoms with van der Waals surface area (Å²) in [5.74, 6) is -2.44. The van der Waals surface area contributed by atoms with Crippen LogP contribution >= 0.6 is 34.5 Å². The number of Topliss-reactive ketones (excluding diaryl/α,β-unsaturated/α-hetero) is 1. The number of nitrogens with two attached hydrogens (primary N) is 1. The van der Waals surface area contributed by atoms with Gasteiger partial charge in [0.25, 0.3) is 5.91 Å². The zero-order valence-corrected chi connectivity index (χ0v) is 22.0. The van der Waals surface area contributed by atoms with Gasteiger partial charge in [0.15, 0.2) is 11.5 Å². The number of nitrogens with zero attached hydrogens (tertiary/aromatic N) is 3. The lowest BCUT2D eigenvalue weighted by atomic mass is 9.97. The van der Waals surface area contributed by atoms with E-state index >= 15 is 4.39 Å². The topological polar surface area (TPSA) is 98.3 Å². The third-order valence-corrected chi connectivity index (χ3v) is 8.05. The molecule has 3 heterocycles. The number of carbonyl (C=O) groups is 3. The van der Waals surface area contributed by atoms with E-state index in [-0.39, 0.29) is 42.8 Å². The zero-order valence-electron chi connectivity index (χ0n) is 19.7. The molecule has 1 aliphatic rings. The van der Waals surface area contributed by atoms with Gasteiger partial charge >= 0.3 is 0 Å². The third kappa shape index (κ3) is 4.91. The molecule has 1 fully saturated rings. The number of aromatic nitrogens is 2. The Labute approximate surface area is 229 Å². The van der Waals surface area contributed by atoms with Crippen LogP contribution in [0.5, 0.6) is 0 Å². The van der Waals surface area contributed by atoms with Crippen molar-refractivity contribution in [2.75, 3.05) is 6.54 Å². The van der Waals surface area contributed by atoms with E-state index in [4.69, 9.17) is 28.9 Å². The quantitative estimate of drug-likeness (QED) is 0.332. The predicted octanol–water partition coefficient (Wildman–Crippen LogP) is 5.06. The van der Waals surface area contributed by atoms with E-state index < -0.39 is 35.6 Å².